The summed E-state index contributed by atoms with van der Waals surface area (Å²) in [7, 11) is 3.15. The fraction of sp³-hybridized carbons (Fsp3) is 0.800. The van der Waals surface area contributed by atoms with Crippen LogP contribution in [0.4, 0.5) is 0 Å². The molecule has 20 heavy (non-hydrogen) atoms. The van der Waals surface area contributed by atoms with E-state index in [1.54, 1.807) is 20.3 Å². The standard InChI is InChI=1S/C15H26O5/c1-6-14(2)12(9-16)15(3,20-11-18-5)8-7-13(14)19-10-17-4/h6,9,12-13H,1,7-8,10-11H2,2-5H3/t12-,13-,14-,15-/m0/s1. The van der Waals surface area contributed by atoms with Crippen molar-refractivity contribution in [3.8, 4) is 0 Å². The number of hydrogen-bond donors (Lipinski definition) is 0. The van der Waals surface area contributed by atoms with Gasteiger partial charge in [0.2, 0.25) is 0 Å². The molecule has 1 aliphatic rings. The summed E-state index contributed by atoms with van der Waals surface area (Å²) >= 11 is 0. The minimum Gasteiger partial charge on any atom is -0.359 e. The van der Waals surface area contributed by atoms with Crippen molar-refractivity contribution in [1.82, 2.24) is 0 Å². The van der Waals surface area contributed by atoms with Crippen molar-refractivity contribution < 1.29 is 23.7 Å². The van der Waals surface area contributed by atoms with Crippen LogP contribution in [-0.2, 0) is 23.7 Å². The molecule has 0 bridgehead atoms. The highest BCUT2D eigenvalue weighted by Gasteiger charge is 2.53. The molecule has 0 radical (unpaired) electrons. The quantitative estimate of drug-likeness (QED) is 0.389. The molecule has 1 saturated carbocycles. The molecule has 0 amide bonds. The van der Waals surface area contributed by atoms with Crippen LogP contribution in [0.15, 0.2) is 12.7 Å². The smallest absolute Gasteiger partial charge is 0.147 e. The van der Waals surface area contributed by atoms with Gasteiger partial charge in [0.25, 0.3) is 0 Å². The van der Waals surface area contributed by atoms with Crippen molar-refractivity contribution in [3.63, 3.8) is 0 Å². The first kappa shape index (κ1) is 17.3. The second kappa shape index (κ2) is 7.31. The average molecular weight is 286 g/mol. The first-order chi connectivity index (χ1) is 9.48. The summed E-state index contributed by atoms with van der Waals surface area (Å²) in [6, 6.07) is 0. The van der Waals surface area contributed by atoms with E-state index in [0.29, 0.717) is 0 Å². The maximum Gasteiger partial charge on any atom is 0.147 e. The summed E-state index contributed by atoms with van der Waals surface area (Å²) in [5, 5.41) is 0. The summed E-state index contributed by atoms with van der Waals surface area (Å²) in [5.74, 6) is -0.349. The van der Waals surface area contributed by atoms with E-state index in [1.165, 1.54) is 0 Å². The highest BCUT2D eigenvalue weighted by atomic mass is 16.7. The summed E-state index contributed by atoms with van der Waals surface area (Å²) in [5.41, 5.74) is -1.07. The molecule has 5 nitrogen and oxygen atoms in total. The molecule has 116 valence electrons. The zero-order valence-corrected chi connectivity index (χ0v) is 12.9. The Kier molecular flexibility index (Phi) is 6.33. The fourth-order valence-corrected chi connectivity index (χ4v) is 3.06. The van der Waals surface area contributed by atoms with Crippen LogP contribution in [0.5, 0.6) is 0 Å². The first-order valence-corrected chi connectivity index (χ1v) is 6.80. The van der Waals surface area contributed by atoms with E-state index < -0.39 is 11.0 Å². The number of aldehydes is 1. The predicted molar refractivity (Wildman–Crippen MR) is 75.2 cm³/mol. The van der Waals surface area contributed by atoms with Crippen LogP contribution >= 0.6 is 0 Å². The van der Waals surface area contributed by atoms with Crippen LogP contribution in [0.2, 0.25) is 0 Å². The Bertz CT molecular complexity index is 332. The lowest BCUT2D eigenvalue weighted by atomic mass is 9.60. The van der Waals surface area contributed by atoms with Gasteiger partial charge in [0.15, 0.2) is 0 Å². The van der Waals surface area contributed by atoms with Crippen LogP contribution in [0, 0.1) is 11.3 Å². The van der Waals surface area contributed by atoms with Crippen LogP contribution in [0.3, 0.4) is 0 Å². The normalized spacial score (nSPS) is 37.6. The monoisotopic (exact) mass is 286 g/mol. The van der Waals surface area contributed by atoms with Gasteiger partial charge >= 0.3 is 0 Å². The molecule has 1 rings (SSSR count). The van der Waals surface area contributed by atoms with E-state index in [4.69, 9.17) is 18.9 Å². The molecule has 0 N–H and O–H groups in total. The largest absolute Gasteiger partial charge is 0.359 e. The van der Waals surface area contributed by atoms with Crippen molar-refractivity contribution in [2.45, 2.75) is 38.4 Å². The number of ether oxygens (including phenoxy) is 4. The van der Waals surface area contributed by atoms with Gasteiger partial charge in [0.1, 0.15) is 19.9 Å². The topological polar surface area (TPSA) is 54.0 Å². The van der Waals surface area contributed by atoms with E-state index in [2.05, 4.69) is 6.58 Å². The van der Waals surface area contributed by atoms with Crippen molar-refractivity contribution in [1.29, 1.82) is 0 Å². The van der Waals surface area contributed by atoms with E-state index in [-0.39, 0.29) is 25.6 Å². The van der Waals surface area contributed by atoms with Gasteiger partial charge in [-0.05, 0) is 19.8 Å². The minimum atomic E-state index is -0.576. The van der Waals surface area contributed by atoms with E-state index in [9.17, 15) is 4.79 Å². The molecule has 5 heteroatoms. The van der Waals surface area contributed by atoms with Gasteiger partial charge in [0.05, 0.1) is 17.6 Å². The molecule has 0 aliphatic heterocycles. The molecule has 0 aromatic heterocycles. The SMILES string of the molecule is C=C[C@]1(C)[C@@H](OCOC)CC[C@](C)(OCOC)[C@H]1C=O. The highest BCUT2D eigenvalue weighted by molar-refractivity contribution is 5.59. The van der Waals surface area contributed by atoms with Crippen LogP contribution in [0.1, 0.15) is 26.7 Å². The maximum atomic E-state index is 11.7. The molecule has 0 aromatic carbocycles. The van der Waals surface area contributed by atoms with Gasteiger partial charge in [-0.3, -0.25) is 0 Å². The van der Waals surface area contributed by atoms with Crippen molar-refractivity contribution in [2.24, 2.45) is 11.3 Å². The fourth-order valence-electron chi connectivity index (χ4n) is 3.06. The molecule has 0 unspecified atom stereocenters. The minimum absolute atomic E-state index is 0.116. The third kappa shape index (κ3) is 3.28. The molecule has 0 heterocycles. The van der Waals surface area contributed by atoms with Crippen molar-refractivity contribution >= 4 is 6.29 Å². The van der Waals surface area contributed by atoms with Crippen LogP contribution in [0.25, 0.3) is 0 Å². The van der Waals surface area contributed by atoms with Gasteiger partial charge < -0.3 is 23.7 Å². The molecule has 0 spiro atoms. The Morgan fingerprint density at radius 1 is 1.25 bits per heavy atom. The zero-order valence-electron chi connectivity index (χ0n) is 12.9. The third-order valence-electron chi connectivity index (χ3n) is 4.39. The highest BCUT2D eigenvalue weighted by Crippen LogP contribution is 2.49. The lowest BCUT2D eigenvalue weighted by Gasteiger charge is -2.51. The molecule has 1 fully saturated rings. The van der Waals surface area contributed by atoms with E-state index in [1.807, 2.05) is 13.8 Å². The van der Waals surface area contributed by atoms with Gasteiger partial charge in [-0.15, -0.1) is 6.58 Å². The van der Waals surface area contributed by atoms with Gasteiger partial charge in [-0.1, -0.05) is 13.0 Å². The molecule has 0 aromatic rings. The summed E-state index contributed by atoms with van der Waals surface area (Å²) in [6.45, 7) is 8.18. The Labute approximate surface area is 121 Å². The zero-order chi connectivity index (χ0) is 15.2. The molecule has 0 saturated heterocycles. The van der Waals surface area contributed by atoms with Crippen molar-refractivity contribution in [2.75, 3.05) is 27.8 Å². The van der Waals surface area contributed by atoms with E-state index in [0.717, 1.165) is 19.1 Å². The Balaban J connectivity index is 2.98. The maximum absolute atomic E-state index is 11.7. The number of carbonyl (C=O) groups excluding carboxylic acids is 1. The van der Waals surface area contributed by atoms with E-state index >= 15 is 0 Å². The van der Waals surface area contributed by atoms with Crippen molar-refractivity contribution in [3.05, 3.63) is 12.7 Å². The Hall–Kier alpha value is -0.750. The first-order valence-electron chi connectivity index (χ1n) is 6.80. The summed E-state index contributed by atoms with van der Waals surface area (Å²) in [4.78, 5) is 11.7. The number of carbonyl (C=O) groups is 1. The van der Waals surface area contributed by atoms with Crippen LogP contribution in [-0.4, -0.2) is 45.8 Å². The Morgan fingerprint density at radius 2 is 1.90 bits per heavy atom. The molecular formula is C15H26O5. The van der Waals surface area contributed by atoms with Crippen LogP contribution < -0.4 is 0 Å². The van der Waals surface area contributed by atoms with Gasteiger partial charge in [-0.2, -0.15) is 0 Å². The van der Waals surface area contributed by atoms with Gasteiger partial charge in [0, 0.05) is 19.6 Å². The average Bonchev–Trinajstić information content (AvgIpc) is 2.45. The summed E-state index contributed by atoms with van der Waals surface area (Å²) < 4.78 is 21.5. The third-order valence-corrected chi connectivity index (χ3v) is 4.39. The molecular weight excluding hydrogens is 260 g/mol. The lowest BCUT2D eigenvalue weighted by molar-refractivity contribution is -0.213. The lowest BCUT2D eigenvalue weighted by Crippen LogP contribution is -2.56. The molecule has 4 atom stereocenters. The second-order valence-corrected chi connectivity index (χ2v) is 5.65. The summed E-state index contributed by atoms with van der Waals surface area (Å²) in [6.07, 6.45) is 4.11. The number of rotatable bonds is 8. The number of methoxy groups -OCH3 is 2. The van der Waals surface area contributed by atoms with Gasteiger partial charge in [-0.25, -0.2) is 0 Å². The predicted octanol–water partition coefficient (Wildman–Crippen LogP) is 2.16. The Morgan fingerprint density at radius 3 is 2.40 bits per heavy atom. The second-order valence-electron chi connectivity index (χ2n) is 5.65. The number of hydrogen-bond acceptors (Lipinski definition) is 5. The molecule has 1 aliphatic carbocycles.